The van der Waals surface area contributed by atoms with Crippen molar-refractivity contribution >= 4 is 46.9 Å². The fourth-order valence-electron chi connectivity index (χ4n) is 10.8. The van der Waals surface area contributed by atoms with Crippen LogP contribution in [0.4, 0.5) is 14.9 Å². The van der Waals surface area contributed by atoms with Gasteiger partial charge in [-0.25, -0.2) is 9.18 Å². The SMILES string of the molecule is COCCOc1ccc(C(N)=O)c(-c2cc(C(CNC3CCC(C(=O)N4CCC(CC5CCN(C(=O)COc6ccc(C)c(N7CCC(=O)NC7=O)c6)CC5)CC4)CC3)c3ccccc3)ccc2Cl)c1F. The van der Waals surface area contributed by atoms with Crippen molar-refractivity contribution in [1.29, 1.82) is 0 Å². The molecule has 0 spiro atoms. The van der Waals surface area contributed by atoms with Crippen LogP contribution < -0.4 is 30.7 Å². The lowest BCUT2D eigenvalue weighted by atomic mass is 9.81. The highest BCUT2D eigenvalue weighted by Crippen LogP contribution is 2.40. The number of imide groups is 1. The van der Waals surface area contributed by atoms with Crippen LogP contribution in [0.2, 0.25) is 5.02 Å². The van der Waals surface area contributed by atoms with E-state index < -0.39 is 17.8 Å². The van der Waals surface area contributed by atoms with Gasteiger partial charge in [-0.05, 0) is 124 Å². The third-order valence-corrected chi connectivity index (χ3v) is 15.2. The number of aryl methyl sites for hydroxylation is 1. The van der Waals surface area contributed by atoms with E-state index in [1.165, 1.54) is 24.1 Å². The minimum Gasteiger partial charge on any atom is -0.488 e. The molecule has 8 rings (SSSR count). The van der Waals surface area contributed by atoms with Crippen molar-refractivity contribution in [3.8, 4) is 22.6 Å². The molecule has 4 N–H and O–H groups in total. The summed E-state index contributed by atoms with van der Waals surface area (Å²) in [6.07, 6.45) is 8.65. The second-order valence-corrected chi connectivity index (χ2v) is 19.9. The highest BCUT2D eigenvalue weighted by atomic mass is 35.5. The number of hydrogen-bond donors (Lipinski definition) is 3. The van der Waals surface area contributed by atoms with E-state index in [0.29, 0.717) is 48.5 Å². The number of nitrogens with zero attached hydrogens (tertiary/aromatic N) is 3. The Morgan fingerprint density at radius 2 is 1.52 bits per heavy atom. The third-order valence-electron chi connectivity index (χ3n) is 14.9. The predicted molar refractivity (Wildman–Crippen MR) is 270 cm³/mol. The zero-order valence-corrected chi connectivity index (χ0v) is 41.5. The molecule has 1 atom stereocenters. The summed E-state index contributed by atoms with van der Waals surface area (Å²) in [5, 5.41) is 6.43. The van der Waals surface area contributed by atoms with Gasteiger partial charge in [-0.15, -0.1) is 0 Å². The van der Waals surface area contributed by atoms with Crippen molar-refractivity contribution in [1.82, 2.24) is 20.4 Å². The van der Waals surface area contributed by atoms with Crippen LogP contribution in [0.3, 0.4) is 0 Å². The molecule has 14 nitrogen and oxygen atoms in total. The Hall–Kier alpha value is -6.03. The third kappa shape index (κ3) is 12.7. The van der Waals surface area contributed by atoms with E-state index in [0.717, 1.165) is 87.6 Å². The number of nitrogens with two attached hydrogens (primary N) is 1. The number of piperidine rings is 2. The van der Waals surface area contributed by atoms with Crippen molar-refractivity contribution in [2.45, 2.75) is 83.1 Å². The normalized spacial score (nSPS) is 19.6. The molecule has 71 heavy (non-hydrogen) atoms. The Labute approximate surface area is 420 Å². The average molecular weight is 994 g/mol. The molecule has 16 heteroatoms. The summed E-state index contributed by atoms with van der Waals surface area (Å²) in [5.74, 6) is -0.121. The van der Waals surface area contributed by atoms with Gasteiger partial charge in [0.1, 0.15) is 12.4 Å². The molecule has 4 fully saturated rings. The van der Waals surface area contributed by atoms with E-state index in [2.05, 4.69) is 27.7 Å². The number of halogens is 2. The maximum Gasteiger partial charge on any atom is 0.328 e. The number of amides is 6. The Kier molecular flexibility index (Phi) is 17.3. The van der Waals surface area contributed by atoms with Gasteiger partial charge in [0.2, 0.25) is 17.7 Å². The Morgan fingerprint density at radius 1 is 0.817 bits per heavy atom. The van der Waals surface area contributed by atoms with Gasteiger partial charge >= 0.3 is 6.03 Å². The summed E-state index contributed by atoms with van der Waals surface area (Å²) in [6, 6.07) is 23.6. The topological polar surface area (TPSA) is 173 Å². The monoisotopic (exact) mass is 992 g/mol. The predicted octanol–water partition coefficient (Wildman–Crippen LogP) is 8.25. The molecule has 3 heterocycles. The number of urea groups is 1. The minimum atomic E-state index is -0.780. The smallest absolute Gasteiger partial charge is 0.328 e. The van der Waals surface area contributed by atoms with Crippen LogP contribution in [0.1, 0.15) is 97.2 Å². The van der Waals surface area contributed by atoms with Gasteiger partial charge in [0.25, 0.3) is 5.91 Å². The summed E-state index contributed by atoms with van der Waals surface area (Å²) in [5.41, 5.74) is 9.57. The second-order valence-electron chi connectivity index (χ2n) is 19.5. The Bertz CT molecular complexity index is 2540. The average Bonchev–Trinajstić information content (AvgIpc) is 3.38. The van der Waals surface area contributed by atoms with Crippen LogP contribution in [0, 0.1) is 30.5 Å². The number of nitrogens with one attached hydrogen (secondary N) is 2. The minimum absolute atomic E-state index is 0.00192. The fourth-order valence-corrected chi connectivity index (χ4v) is 11.0. The molecule has 6 amide bonds. The number of hydrogen-bond acceptors (Lipinski definition) is 9. The van der Waals surface area contributed by atoms with Gasteiger partial charge in [0.15, 0.2) is 18.2 Å². The largest absolute Gasteiger partial charge is 0.488 e. The van der Waals surface area contributed by atoms with Crippen LogP contribution in [-0.4, -0.2) is 112 Å². The highest BCUT2D eigenvalue weighted by molar-refractivity contribution is 6.33. The molecule has 4 aromatic carbocycles. The van der Waals surface area contributed by atoms with Crippen LogP contribution in [0.15, 0.2) is 78.9 Å². The highest BCUT2D eigenvalue weighted by Gasteiger charge is 2.34. The van der Waals surface area contributed by atoms with Gasteiger partial charge in [-0.3, -0.25) is 29.4 Å². The van der Waals surface area contributed by atoms with Gasteiger partial charge < -0.3 is 35.1 Å². The van der Waals surface area contributed by atoms with Crippen molar-refractivity contribution in [2.75, 3.05) is 71.1 Å². The second kappa shape index (κ2) is 23.9. The quantitative estimate of drug-likeness (QED) is 0.0831. The lowest BCUT2D eigenvalue weighted by Gasteiger charge is -2.38. The molecule has 4 aliphatic rings. The number of ether oxygens (including phenoxy) is 3. The molecule has 1 aliphatic carbocycles. The van der Waals surface area contributed by atoms with Crippen LogP contribution in [0.5, 0.6) is 11.5 Å². The van der Waals surface area contributed by atoms with Gasteiger partial charge in [-0.1, -0.05) is 54.1 Å². The zero-order valence-electron chi connectivity index (χ0n) is 40.8. The lowest BCUT2D eigenvalue weighted by Crippen LogP contribution is -2.49. The first-order chi connectivity index (χ1) is 34.4. The molecule has 0 radical (unpaired) electrons. The molecule has 4 aromatic rings. The van der Waals surface area contributed by atoms with E-state index >= 15 is 4.39 Å². The number of carbonyl (C=O) groups is 5. The number of rotatable bonds is 18. The number of carbonyl (C=O) groups excluding carboxylic acids is 5. The van der Waals surface area contributed by atoms with Crippen LogP contribution in [0.25, 0.3) is 11.1 Å². The first-order valence-corrected chi connectivity index (χ1v) is 25.5. The van der Waals surface area contributed by atoms with E-state index in [9.17, 15) is 24.0 Å². The first-order valence-electron chi connectivity index (χ1n) is 25.1. The number of benzene rings is 4. The summed E-state index contributed by atoms with van der Waals surface area (Å²) in [6.45, 7) is 6.04. The molecule has 0 bridgehead atoms. The summed E-state index contributed by atoms with van der Waals surface area (Å²) >= 11 is 6.76. The van der Waals surface area contributed by atoms with E-state index in [1.807, 2.05) is 48.2 Å². The molecule has 0 aromatic heterocycles. The van der Waals surface area contributed by atoms with Crippen molar-refractivity contribution in [3.05, 3.63) is 112 Å². The van der Waals surface area contributed by atoms with Crippen molar-refractivity contribution in [3.63, 3.8) is 0 Å². The van der Waals surface area contributed by atoms with Crippen LogP contribution in [-0.2, 0) is 19.1 Å². The van der Waals surface area contributed by atoms with E-state index in [1.54, 1.807) is 18.2 Å². The van der Waals surface area contributed by atoms with Crippen LogP contribution >= 0.6 is 11.6 Å². The van der Waals surface area contributed by atoms with Crippen molar-refractivity contribution in [2.24, 2.45) is 23.5 Å². The van der Waals surface area contributed by atoms with E-state index in [-0.39, 0.29) is 90.3 Å². The maximum atomic E-state index is 16.2. The Morgan fingerprint density at radius 3 is 2.20 bits per heavy atom. The molecule has 1 saturated carbocycles. The number of methoxy groups -OCH3 is 1. The van der Waals surface area contributed by atoms with Crippen molar-refractivity contribution < 1.29 is 42.6 Å². The maximum absolute atomic E-state index is 16.2. The van der Waals surface area contributed by atoms with Gasteiger partial charge in [0.05, 0.1) is 17.9 Å². The Balaban J connectivity index is 0.783. The number of likely N-dealkylation sites (tertiary alicyclic amines) is 2. The standard InChI is InChI=1S/C55H66ClFN6O8/c1-35-8-14-42(32-47(35)63-27-22-49(64)60-55(63)68)71-34-50(65)61-23-18-36(19-24-61)30-37-20-25-62(26-21-37)54(67)39-9-12-41(13-10-39)59-33-45(38-6-4-3-5-7-38)40-11-16-46(56)44(31-40)51-43(53(58)66)15-17-48(52(51)57)70-29-28-69-2/h3-8,11,14-17,31-32,36-37,39,41,45,59H,9-10,12-13,18-30,33-34H2,1-2H3,(H2,58,66)(H,60,64,68). The zero-order chi connectivity index (χ0) is 50.0. The molecular formula is C55H66ClFN6O8. The first kappa shape index (κ1) is 51.3. The molecule has 3 saturated heterocycles. The molecule has 1 unspecified atom stereocenters. The summed E-state index contributed by atoms with van der Waals surface area (Å²) < 4.78 is 32.8. The lowest BCUT2D eigenvalue weighted by molar-refractivity contribution is -0.138. The van der Waals surface area contributed by atoms with Gasteiger partial charge in [0, 0.05) is 92.9 Å². The number of primary amides is 1. The van der Waals surface area contributed by atoms with E-state index in [4.69, 9.17) is 31.5 Å². The fraction of sp³-hybridized carbons (Fsp3) is 0.473. The molecule has 378 valence electrons. The van der Waals surface area contributed by atoms with Gasteiger partial charge in [-0.2, -0.15) is 0 Å². The molecule has 3 aliphatic heterocycles. The molecular weight excluding hydrogens is 927 g/mol. The summed E-state index contributed by atoms with van der Waals surface area (Å²) in [4.78, 5) is 69.2. The summed E-state index contributed by atoms with van der Waals surface area (Å²) in [7, 11) is 1.53. The number of anilines is 1.